The Kier molecular flexibility index (Phi) is 6.12. The minimum Gasteiger partial charge on any atom is -0.364 e. The van der Waals surface area contributed by atoms with Gasteiger partial charge in [0.15, 0.2) is 0 Å². The second-order valence-corrected chi connectivity index (χ2v) is 11.3. The molecule has 0 amide bonds. The molecule has 8 rings (SSSR count). The van der Waals surface area contributed by atoms with Gasteiger partial charge >= 0.3 is 0 Å². The van der Waals surface area contributed by atoms with E-state index >= 15 is 0 Å². The van der Waals surface area contributed by atoms with E-state index in [1.165, 1.54) is 55.4 Å². The molecule has 1 aliphatic rings. The van der Waals surface area contributed by atoms with Gasteiger partial charge in [-0.2, -0.15) is 0 Å². The molecule has 1 aromatic heterocycles. The van der Waals surface area contributed by atoms with Crippen molar-refractivity contribution in [1.29, 1.82) is 0 Å². The molecule has 7 aromatic rings. The number of hydrogen-bond acceptors (Lipinski definition) is 2. The van der Waals surface area contributed by atoms with E-state index < -0.39 is 0 Å². The number of hydrogen-bond donors (Lipinski definition) is 0. The fourth-order valence-electron chi connectivity index (χ4n) is 6.50. The first-order valence-corrected chi connectivity index (χ1v) is 14.8. The molecule has 0 saturated carbocycles. The lowest BCUT2D eigenvalue weighted by atomic mass is 9.86. The monoisotopic (exact) mass is 550 g/mol. The van der Waals surface area contributed by atoms with E-state index in [9.17, 15) is 0 Å². The number of aromatic nitrogens is 1. The van der Waals surface area contributed by atoms with Crippen LogP contribution in [0, 0.1) is 0 Å². The summed E-state index contributed by atoms with van der Waals surface area (Å²) >= 11 is 0. The average molecular weight is 551 g/mol. The molecule has 6 aromatic carbocycles. The predicted molar refractivity (Wildman–Crippen MR) is 181 cm³/mol. The lowest BCUT2D eigenvalue weighted by molar-refractivity contribution is 0.802. The van der Waals surface area contributed by atoms with E-state index in [1.54, 1.807) is 0 Å². The van der Waals surface area contributed by atoms with Crippen LogP contribution in [0.2, 0.25) is 0 Å². The predicted octanol–water partition coefficient (Wildman–Crippen LogP) is 10.3. The first-order valence-electron chi connectivity index (χ1n) is 14.8. The number of rotatable bonds is 4. The summed E-state index contributed by atoms with van der Waals surface area (Å²) < 4.78 is 0. The largest absolute Gasteiger partial charge is 0.364 e. The van der Waals surface area contributed by atoms with Crippen molar-refractivity contribution in [2.75, 3.05) is 11.9 Å². The normalized spacial score (nSPS) is 14.5. The highest BCUT2D eigenvalue weighted by Gasteiger charge is 2.27. The Labute approximate surface area is 252 Å². The molecule has 2 heteroatoms. The summed E-state index contributed by atoms with van der Waals surface area (Å²) in [6.07, 6.45) is 4.31. The molecule has 0 aliphatic carbocycles. The van der Waals surface area contributed by atoms with Crippen LogP contribution in [-0.4, -0.2) is 12.0 Å². The number of nitrogens with zero attached hydrogens (tertiary/aromatic N) is 2. The molecule has 0 bridgehead atoms. The average Bonchev–Trinajstić information content (AvgIpc) is 3.08. The number of para-hydroxylation sites is 1. The Morgan fingerprint density at radius 1 is 0.512 bits per heavy atom. The highest BCUT2D eigenvalue weighted by Crippen LogP contribution is 2.44. The first kappa shape index (κ1) is 25.3. The fourth-order valence-corrected chi connectivity index (χ4v) is 6.50. The van der Waals surface area contributed by atoms with E-state index in [2.05, 4.69) is 163 Å². The summed E-state index contributed by atoms with van der Waals surface area (Å²) in [5.74, 6) is 0. The van der Waals surface area contributed by atoms with Crippen molar-refractivity contribution in [2.24, 2.45) is 0 Å². The smallest absolute Gasteiger partial charge is 0.0780 e. The van der Waals surface area contributed by atoms with Crippen LogP contribution < -0.4 is 4.90 Å². The van der Waals surface area contributed by atoms with Gasteiger partial charge in [0.1, 0.15) is 0 Å². The summed E-state index contributed by atoms with van der Waals surface area (Å²) in [7, 11) is 2.22. The lowest BCUT2D eigenvalue weighted by Crippen LogP contribution is -2.27. The summed E-state index contributed by atoms with van der Waals surface area (Å²) in [4.78, 5) is 7.11. The maximum Gasteiger partial charge on any atom is 0.0780 e. The van der Waals surface area contributed by atoms with Crippen molar-refractivity contribution in [1.82, 2.24) is 4.98 Å². The first-order chi connectivity index (χ1) is 21.2. The van der Waals surface area contributed by atoms with E-state index in [1.807, 2.05) is 12.3 Å². The molecule has 0 N–H and O–H groups in total. The summed E-state index contributed by atoms with van der Waals surface area (Å²) in [6.45, 7) is 0. The summed E-state index contributed by atoms with van der Waals surface area (Å²) in [6, 6.07) is 52.6. The van der Waals surface area contributed by atoms with Gasteiger partial charge in [0.25, 0.3) is 0 Å². The van der Waals surface area contributed by atoms with Crippen molar-refractivity contribution in [3.63, 3.8) is 0 Å². The number of benzene rings is 6. The van der Waals surface area contributed by atoms with Gasteiger partial charge in [-0.1, -0.05) is 127 Å². The van der Waals surface area contributed by atoms with Gasteiger partial charge in [0, 0.05) is 35.4 Å². The maximum atomic E-state index is 4.69. The summed E-state index contributed by atoms with van der Waals surface area (Å²) in [5, 5.41) is 3.68. The van der Waals surface area contributed by atoms with Crippen LogP contribution in [0.5, 0.6) is 0 Å². The van der Waals surface area contributed by atoms with Crippen molar-refractivity contribution in [3.8, 4) is 22.3 Å². The van der Waals surface area contributed by atoms with Crippen LogP contribution in [0.3, 0.4) is 0 Å². The Morgan fingerprint density at radius 2 is 1.23 bits per heavy atom. The maximum absolute atomic E-state index is 4.69. The number of fused-ring (bicyclic) bond motifs is 3. The van der Waals surface area contributed by atoms with Gasteiger partial charge in [-0.05, 0) is 68.4 Å². The molecule has 2 nitrogen and oxygen atoms in total. The molecule has 2 heterocycles. The Bertz CT molecular complexity index is 2140. The third-order valence-electron chi connectivity index (χ3n) is 8.77. The molecular formula is C41H30N2. The van der Waals surface area contributed by atoms with Crippen molar-refractivity contribution < 1.29 is 0 Å². The van der Waals surface area contributed by atoms with Crippen LogP contribution >= 0.6 is 0 Å². The number of likely N-dealkylation sites (N-methyl/N-ethyl adjacent to an activating group) is 1. The zero-order chi connectivity index (χ0) is 28.8. The third-order valence-corrected chi connectivity index (χ3v) is 8.77. The van der Waals surface area contributed by atoms with Gasteiger partial charge in [0.05, 0.1) is 11.6 Å². The Hall–Kier alpha value is -5.47. The second-order valence-electron chi connectivity index (χ2n) is 11.3. The van der Waals surface area contributed by atoms with E-state index in [-0.39, 0.29) is 6.04 Å². The molecule has 204 valence electrons. The molecule has 1 atom stereocenters. The molecule has 0 fully saturated rings. The van der Waals surface area contributed by atoms with Crippen molar-refractivity contribution in [2.45, 2.75) is 6.04 Å². The molecular weight excluding hydrogens is 520 g/mol. The zero-order valence-corrected chi connectivity index (χ0v) is 24.0. The minimum absolute atomic E-state index is 0.0973. The SMILES string of the molecule is CN1c2cc(-c3ccccc3)ccc2C(c2ccc(-c3cccc4cccnc34)cc2)=CC1c1ccc2ccccc2c1. The summed E-state index contributed by atoms with van der Waals surface area (Å²) in [5.41, 5.74) is 12.1. The second kappa shape index (κ2) is 10.4. The highest BCUT2D eigenvalue weighted by atomic mass is 15.1. The highest BCUT2D eigenvalue weighted by molar-refractivity contribution is 5.95. The molecule has 0 saturated heterocycles. The van der Waals surface area contributed by atoms with Crippen molar-refractivity contribution >= 4 is 32.9 Å². The van der Waals surface area contributed by atoms with Gasteiger partial charge in [0.2, 0.25) is 0 Å². The molecule has 1 aliphatic heterocycles. The Balaban J connectivity index is 1.26. The van der Waals surface area contributed by atoms with Crippen LogP contribution in [0.15, 0.2) is 158 Å². The third kappa shape index (κ3) is 4.49. The van der Waals surface area contributed by atoms with Gasteiger partial charge in [-0.15, -0.1) is 0 Å². The molecule has 0 radical (unpaired) electrons. The van der Waals surface area contributed by atoms with Gasteiger partial charge in [-0.3, -0.25) is 4.98 Å². The van der Waals surface area contributed by atoms with Gasteiger partial charge < -0.3 is 4.90 Å². The topological polar surface area (TPSA) is 16.1 Å². The minimum atomic E-state index is 0.0973. The van der Waals surface area contributed by atoms with E-state index in [4.69, 9.17) is 0 Å². The standard InChI is InChI=1S/C41H30N2/c1-43-39(35-21-16-29-11-5-6-12-33(29)25-35)27-38(37-23-22-34(26-40(37)43)28-9-3-2-4-10-28)31-19-17-30(18-20-31)36-15-7-13-32-14-8-24-42-41(32)36/h2-27,39H,1H3. The van der Waals surface area contributed by atoms with Crippen LogP contribution in [0.4, 0.5) is 5.69 Å². The quantitative estimate of drug-likeness (QED) is 0.217. The van der Waals surface area contributed by atoms with Gasteiger partial charge in [-0.25, -0.2) is 0 Å². The van der Waals surface area contributed by atoms with E-state index in [0.717, 1.165) is 16.5 Å². The number of anilines is 1. The Morgan fingerprint density at radius 3 is 2.09 bits per heavy atom. The van der Waals surface area contributed by atoms with Crippen molar-refractivity contribution in [3.05, 3.63) is 175 Å². The molecule has 1 unspecified atom stereocenters. The molecule has 0 spiro atoms. The van der Waals surface area contributed by atoms with Crippen LogP contribution in [0.1, 0.15) is 22.7 Å². The fraction of sp³-hybridized carbons (Fsp3) is 0.0488. The lowest BCUT2D eigenvalue weighted by Gasteiger charge is -2.36. The van der Waals surface area contributed by atoms with E-state index in [0.29, 0.717) is 0 Å². The number of pyridine rings is 1. The zero-order valence-electron chi connectivity index (χ0n) is 24.0. The molecule has 43 heavy (non-hydrogen) atoms. The van der Waals surface area contributed by atoms with Crippen LogP contribution in [-0.2, 0) is 0 Å². The van der Waals surface area contributed by atoms with Crippen LogP contribution in [0.25, 0.3) is 49.5 Å².